The molecule has 4 nitrogen and oxygen atoms in total. The van der Waals surface area contributed by atoms with Gasteiger partial charge in [-0.1, -0.05) is 41.1 Å². The molecule has 0 spiro atoms. The van der Waals surface area contributed by atoms with Crippen LogP contribution in [0.5, 0.6) is 11.5 Å². The maximum atomic E-state index is 11.3. The lowest BCUT2D eigenvalue weighted by Gasteiger charge is -2.12. The first-order chi connectivity index (χ1) is 10.4. The topological polar surface area (TPSA) is 52.6 Å². The van der Waals surface area contributed by atoms with Gasteiger partial charge in [0.25, 0.3) is 0 Å². The molecule has 0 amide bonds. The summed E-state index contributed by atoms with van der Waals surface area (Å²) in [6.45, 7) is 2.33. The summed E-state index contributed by atoms with van der Waals surface area (Å²) < 4.78 is 34.4. The van der Waals surface area contributed by atoms with Gasteiger partial charge in [-0.25, -0.2) is 0 Å². The molecule has 0 unspecified atom stereocenters. The number of ether oxygens (including phenoxy) is 1. The van der Waals surface area contributed by atoms with E-state index < -0.39 is 10.1 Å². The van der Waals surface area contributed by atoms with Crippen LogP contribution < -0.4 is 8.92 Å². The van der Waals surface area contributed by atoms with Crippen molar-refractivity contribution >= 4 is 26.0 Å². The van der Waals surface area contributed by atoms with Crippen LogP contribution in [0.1, 0.15) is 18.1 Å². The van der Waals surface area contributed by atoms with E-state index in [1.54, 1.807) is 6.07 Å². The van der Waals surface area contributed by atoms with Gasteiger partial charge in [0.2, 0.25) is 0 Å². The quantitative estimate of drug-likeness (QED) is 0.708. The van der Waals surface area contributed by atoms with Crippen LogP contribution in [0.2, 0.25) is 0 Å². The number of hydrogen-bond donors (Lipinski definition) is 0. The first-order valence-corrected chi connectivity index (χ1v) is 9.38. The van der Waals surface area contributed by atoms with Crippen molar-refractivity contribution in [1.82, 2.24) is 0 Å². The van der Waals surface area contributed by atoms with Crippen LogP contribution in [0.3, 0.4) is 0 Å². The lowest BCUT2D eigenvalue weighted by molar-refractivity contribution is 0.305. The first-order valence-electron chi connectivity index (χ1n) is 6.77. The van der Waals surface area contributed by atoms with Gasteiger partial charge in [0, 0.05) is 10.5 Å². The third kappa shape index (κ3) is 5.03. The zero-order valence-electron chi connectivity index (χ0n) is 12.4. The number of benzene rings is 2. The van der Waals surface area contributed by atoms with Gasteiger partial charge >= 0.3 is 10.1 Å². The summed E-state index contributed by atoms with van der Waals surface area (Å²) in [5.41, 5.74) is 1.83. The zero-order valence-corrected chi connectivity index (χ0v) is 14.8. The number of aryl methyl sites for hydroxylation is 1. The molecule has 0 saturated carbocycles. The summed E-state index contributed by atoms with van der Waals surface area (Å²) in [5, 5.41) is 0. The fourth-order valence-corrected chi connectivity index (χ4v) is 2.88. The number of halogens is 1. The Morgan fingerprint density at radius 1 is 1.14 bits per heavy atom. The Morgan fingerprint density at radius 2 is 1.91 bits per heavy atom. The van der Waals surface area contributed by atoms with Gasteiger partial charge in [0.05, 0.1) is 6.26 Å². The fraction of sp³-hybridized carbons (Fsp3) is 0.250. The highest BCUT2D eigenvalue weighted by Gasteiger charge is 2.10. The number of hydrogen-bond acceptors (Lipinski definition) is 4. The van der Waals surface area contributed by atoms with E-state index in [0.717, 1.165) is 21.9 Å². The Hall–Kier alpha value is -1.53. The molecule has 0 saturated heterocycles. The average molecular weight is 385 g/mol. The van der Waals surface area contributed by atoms with Crippen LogP contribution in [0.4, 0.5) is 0 Å². The Balaban J connectivity index is 2.16. The van der Waals surface area contributed by atoms with E-state index in [4.69, 9.17) is 8.92 Å². The minimum Gasteiger partial charge on any atom is -0.489 e. The van der Waals surface area contributed by atoms with Crippen LogP contribution in [0, 0.1) is 0 Å². The average Bonchev–Trinajstić information content (AvgIpc) is 2.44. The lowest BCUT2D eigenvalue weighted by Crippen LogP contribution is -2.07. The van der Waals surface area contributed by atoms with Crippen molar-refractivity contribution in [2.24, 2.45) is 0 Å². The minimum atomic E-state index is -3.56. The maximum absolute atomic E-state index is 11.3. The first kappa shape index (κ1) is 16.8. The van der Waals surface area contributed by atoms with Gasteiger partial charge < -0.3 is 8.92 Å². The highest BCUT2D eigenvalue weighted by atomic mass is 79.9. The molecular formula is C16H17BrO4S. The van der Waals surface area contributed by atoms with E-state index in [9.17, 15) is 8.42 Å². The monoisotopic (exact) mass is 384 g/mol. The van der Waals surface area contributed by atoms with Crippen LogP contribution >= 0.6 is 15.9 Å². The number of rotatable bonds is 6. The van der Waals surface area contributed by atoms with Crippen molar-refractivity contribution in [3.05, 3.63) is 58.1 Å². The van der Waals surface area contributed by atoms with Gasteiger partial charge in [-0.15, -0.1) is 0 Å². The molecule has 2 aromatic carbocycles. The zero-order chi connectivity index (χ0) is 16.2. The molecule has 0 bridgehead atoms. The van der Waals surface area contributed by atoms with Gasteiger partial charge in [0.1, 0.15) is 18.1 Å². The molecule has 2 rings (SSSR count). The minimum absolute atomic E-state index is 0.316. The van der Waals surface area contributed by atoms with E-state index in [0.29, 0.717) is 24.5 Å². The van der Waals surface area contributed by atoms with Gasteiger partial charge in [-0.3, -0.25) is 0 Å². The van der Waals surface area contributed by atoms with Crippen LogP contribution in [0.25, 0.3) is 0 Å². The lowest BCUT2D eigenvalue weighted by atomic mass is 10.1. The molecule has 22 heavy (non-hydrogen) atoms. The van der Waals surface area contributed by atoms with E-state index >= 15 is 0 Å². The molecule has 0 N–H and O–H groups in total. The summed E-state index contributed by atoms with van der Waals surface area (Å²) >= 11 is 3.41. The normalized spacial score (nSPS) is 11.2. The fourth-order valence-electron chi connectivity index (χ4n) is 1.95. The molecule has 0 aliphatic heterocycles. The molecule has 0 aliphatic rings. The van der Waals surface area contributed by atoms with Gasteiger partial charge in [-0.2, -0.15) is 8.42 Å². The predicted octanol–water partition coefficient (Wildman–Crippen LogP) is 3.93. The van der Waals surface area contributed by atoms with Crippen molar-refractivity contribution in [1.29, 1.82) is 0 Å². The smallest absolute Gasteiger partial charge is 0.306 e. The van der Waals surface area contributed by atoms with Gasteiger partial charge in [-0.05, 0) is 35.7 Å². The summed E-state index contributed by atoms with van der Waals surface area (Å²) in [6, 6.07) is 13.0. The molecule has 6 heteroatoms. The van der Waals surface area contributed by atoms with E-state index in [2.05, 4.69) is 15.9 Å². The maximum Gasteiger partial charge on any atom is 0.306 e. The van der Waals surface area contributed by atoms with Crippen molar-refractivity contribution in [3.8, 4) is 11.5 Å². The molecule has 118 valence electrons. The third-order valence-electron chi connectivity index (χ3n) is 2.96. The third-order valence-corrected chi connectivity index (χ3v) is 3.93. The molecule has 2 aromatic rings. The van der Waals surface area contributed by atoms with E-state index in [1.165, 1.54) is 0 Å². The largest absolute Gasteiger partial charge is 0.489 e. The second-order valence-electron chi connectivity index (χ2n) is 4.83. The summed E-state index contributed by atoms with van der Waals surface area (Å²) in [6.07, 6.45) is 1.71. The second-order valence-corrected chi connectivity index (χ2v) is 7.32. The van der Waals surface area contributed by atoms with Crippen LogP contribution in [0.15, 0.2) is 46.9 Å². The Labute approximate surface area is 139 Å². The second kappa shape index (κ2) is 7.15. The Morgan fingerprint density at radius 3 is 2.55 bits per heavy atom. The highest BCUT2D eigenvalue weighted by Crippen LogP contribution is 2.27. The van der Waals surface area contributed by atoms with Crippen LogP contribution in [-0.4, -0.2) is 14.7 Å². The Kier molecular flexibility index (Phi) is 5.47. The van der Waals surface area contributed by atoms with Crippen molar-refractivity contribution in [3.63, 3.8) is 0 Å². The SMILES string of the molecule is CCc1ccc(OCc2cccc(Br)c2)cc1OS(C)(=O)=O. The standard InChI is InChI=1S/C16H17BrO4S/c1-3-13-7-8-15(10-16(13)21-22(2,18)19)20-11-12-5-4-6-14(17)9-12/h4-10H,3,11H2,1-2H3. The molecule has 0 heterocycles. The predicted molar refractivity (Wildman–Crippen MR) is 89.8 cm³/mol. The summed E-state index contributed by atoms with van der Waals surface area (Å²) in [4.78, 5) is 0. The molecular weight excluding hydrogens is 368 g/mol. The summed E-state index contributed by atoms with van der Waals surface area (Å²) in [7, 11) is -3.56. The van der Waals surface area contributed by atoms with E-state index in [-0.39, 0.29) is 0 Å². The molecule has 0 aliphatic carbocycles. The molecule has 0 radical (unpaired) electrons. The van der Waals surface area contributed by atoms with Crippen molar-refractivity contribution in [2.45, 2.75) is 20.0 Å². The molecule has 0 atom stereocenters. The van der Waals surface area contributed by atoms with Gasteiger partial charge in [0.15, 0.2) is 0 Å². The molecule has 0 aromatic heterocycles. The van der Waals surface area contributed by atoms with Crippen LogP contribution in [-0.2, 0) is 23.1 Å². The highest BCUT2D eigenvalue weighted by molar-refractivity contribution is 9.10. The summed E-state index contributed by atoms with van der Waals surface area (Å²) in [5.74, 6) is 0.882. The van der Waals surface area contributed by atoms with Crippen molar-refractivity contribution in [2.75, 3.05) is 6.26 Å². The Bertz CT molecular complexity index is 756. The van der Waals surface area contributed by atoms with E-state index in [1.807, 2.05) is 43.3 Å². The molecule has 0 fully saturated rings. The van der Waals surface area contributed by atoms with Crippen molar-refractivity contribution < 1.29 is 17.3 Å².